The highest BCUT2D eigenvalue weighted by Gasteiger charge is 2.39. The van der Waals surface area contributed by atoms with E-state index in [9.17, 15) is 26.4 Å². The van der Waals surface area contributed by atoms with Gasteiger partial charge in [-0.15, -0.1) is 0 Å². The molecule has 0 saturated carbocycles. The molecule has 0 unspecified atom stereocenters. The highest BCUT2D eigenvalue weighted by Crippen LogP contribution is 2.35. The molecule has 1 aliphatic rings. The Balaban J connectivity index is 2.02. The maximum absolute atomic E-state index is 13.2. The van der Waals surface area contributed by atoms with Crippen LogP contribution in [-0.4, -0.2) is 62.3 Å². The van der Waals surface area contributed by atoms with Crippen molar-refractivity contribution in [2.24, 2.45) is 5.92 Å². The van der Waals surface area contributed by atoms with Crippen molar-refractivity contribution in [3.8, 4) is 0 Å². The number of hydrogen-bond acceptors (Lipinski definition) is 4. The van der Waals surface area contributed by atoms with Crippen molar-refractivity contribution in [3.05, 3.63) is 29.8 Å². The zero-order valence-electron chi connectivity index (χ0n) is 16.2. The van der Waals surface area contributed by atoms with Crippen molar-refractivity contribution in [2.45, 2.75) is 37.9 Å². The van der Waals surface area contributed by atoms with Crippen LogP contribution in [0.3, 0.4) is 0 Å². The van der Waals surface area contributed by atoms with Crippen molar-refractivity contribution in [1.82, 2.24) is 14.5 Å². The molecule has 0 bridgehead atoms. The first-order valence-corrected chi connectivity index (χ1v) is 10.5. The molecule has 1 heterocycles. The van der Waals surface area contributed by atoms with Crippen LogP contribution in [0.5, 0.6) is 0 Å². The monoisotopic (exact) mass is 421 g/mol. The molecule has 2 rings (SSSR count). The molecule has 6 nitrogen and oxygen atoms in total. The summed E-state index contributed by atoms with van der Waals surface area (Å²) in [5.74, 6) is 0.138. The molecule has 158 valence electrons. The van der Waals surface area contributed by atoms with Gasteiger partial charge in [0.1, 0.15) is 0 Å². The average Bonchev–Trinajstić information content (AvgIpc) is 2.61. The van der Waals surface area contributed by atoms with E-state index in [1.807, 2.05) is 20.8 Å². The number of rotatable bonds is 6. The van der Waals surface area contributed by atoms with Crippen LogP contribution in [0, 0.1) is 5.92 Å². The molecular weight excluding hydrogens is 395 g/mol. The fraction of sp³-hybridized carbons (Fsp3) is 0.611. The summed E-state index contributed by atoms with van der Waals surface area (Å²) in [6, 6.07) is 4.21. The number of carbonyl (C=O) groups is 1. The number of hydrogen-bond donors (Lipinski definition) is 1. The first-order valence-electron chi connectivity index (χ1n) is 9.11. The molecule has 0 aliphatic carbocycles. The molecule has 1 amide bonds. The minimum Gasteiger partial charge on any atom is -0.352 e. The van der Waals surface area contributed by atoms with Crippen LogP contribution < -0.4 is 5.32 Å². The summed E-state index contributed by atoms with van der Waals surface area (Å²) < 4.78 is 66.0. The van der Waals surface area contributed by atoms with Gasteiger partial charge in [-0.2, -0.15) is 17.5 Å². The van der Waals surface area contributed by atoms with Gasteiger partial charge in [-0.3, -0.25) is 9.69 Å². The molecule has 1 saturated heterocycles. The summed E-state index contributed by atoms with van der Waals surface area (Å²) in [5.41, 5.74) is -1.17. The summed E-state index contributed by atoms with van der Waals surface area (Å²) in [6.07, 6.45) is -4.75. The predicted molar refractivity (Wildman–Crippen MR) is 99.1 cm³/mol. The zero-order chi connectivity index (χ0) is 21.1. The van der Waals surface area contributed by atoms with E-state index >= 15 is 0 Å². The summed E-state index contributed by atoms with van der Waals surface area (Å²) in [4.78, 5) is 13.1. The third-order valence-electron chi connectivity index (χ3n) is 4.90. The van der Waals surface area contributed by atoms with Gasteiger partial charge >= 0.3 is 6.18 Å². The van der Waals surface area contributed by atoms with Crippen LogP contribution in [0.25, 0.3) is 0 Å². The Morgan fingerprint density at radius 1 is 1.11 bits per heavy atom. The van der Waals surface area contributed by atoms with Crippen molar-refractivity contribution in [2.75, 3.05) is 32.7 Å². The molecule has 1 aliphatic heterocycles. The molecular formula is C18H26F3N3O3S. The molecule has 1 fully saturated rings. The molecule has 1 aromatic rings. The number of amides is 1. The number of benzene rings is 1. The Hall–Kier alpha value is -1.65. The van der Waals surface area contributed by atoms with Crippen LogP contribution in [0.4, 0.5) is 13.2 Å². The summed E-state index contributed by atoms with van der Waals surface area (Å²) in [6.45, 7) is 6.63. The first kappa shape index (κ1) is 22.6. The predicted octanol–water partition coefficient (Wildman–Crippen LogP) is 2.17. The highest BCUT2D eigenvalue weighted by atomic mass is 32.2. The van der Waals surface area contributed by atoms with Gasteiger partial charge in [0.05, 0.1) is 17.0 Å². The summed E-state index contributed by atoms with van der Waals surface area (Å²) in [7, 11) is -4.27. The van der Waals surface area contributed by atoms with Crippen LogP contribution in [-0.2, 0) is 21.0 Å². The second-order valence-electron chi connectivity index (χ2n) is 7.27. The van der Waals surface area contributed by atoms with Gasteiger partial charge in [-0.25, -0.2) is 8.42 Å². The molecule has 28 heavy (non-hydrogen) atoms. The van der Waals surface area contributed by atoms with E-state index in [2.05, 4.69) is 5.32 Å². The Kier molecular flexibility index (Phi) is 7.11. The third-order valence-corrected chi connectivity index (χ3v) is 6.85. The van der Waals surface area contributed by atoms with Gasteiger partial charge in [0.15, 0.2) is 0 Å². The number of halogens is 3. The Morgan fingerprint density at radius 3 is 2.21 bits per heavy atom. The normalized spacial score (nSPS) is 18.2. The SMILES string of the molecule is CC(C)[C@@H](C)NC(=O)CN1CCN(S(=O)(=O)c2ccccc2C(F)(F)F)CC1. The number of piperazine rings is 1. The van der Waals surface area contributed by atoms with Gasteiger partial charge in [0.2, 0.25) is 15.9 Å². The molecule has 0 radical (unpaired) electrons. The smallest absolute Gasteiger partial charge is 0.352 e. The third kappa shape index (κ3) is 5.45. The minimum absolute atomic E-state index is 0.0213. The quantitative estimate of drug-likeness (QED) is 0.765. The maximum atomic E-state index is 13.2. The van der Waals surface area contributed by atoms with E-state index < -0.39 is 26.7 Å². The van der Waals surface area contributed by atoms with Gasteiger partial charge in [0.25, 0.3) is 0 Å². The number of nitrogens with one attached hydrogen (secondary N) is 1. The van der Waals surface area contributed by atoms with Crippen LogP contribution in [0.1, 0.15) is 26.3 Å². The van der Waals surface area contributed by atoms with Crippen LogP contribution in [0.15, 0.2) is 29.2 Å². The lowest BCUT2D eigenvalue weighted by atomic mass is 10.1. The van der Waals surface area contributed by atoms with Crippen LogP contribution >= 0.6 is 0 Å². The molecule has 1 N–H and O–H groups in total. The Labute approximate surface area is 163 Å². The lowest BCUT2D eigenvalue weighted by Gasteiger charge is -2.34. The topological polar surface area (TPSA) is 69.7 Å². The minimum atomic E-state index is -4.75. The van der Waals surface area contributed by atoms with E-state index in [4.69, 9.17) is 0 Å². The second kappa shape index (κ2) is 8.79. The van der Waals surface area contributed by atoms with Crippen LogP contribution in [0.2, 0.25) is 0 Å². The number of nitrogens with zero attached hydrogens (tertiary/aromatic N) is 2. The maximum Gasteiger partial charge on any atom is 0.417 e. The highest BCUT2D eigenvalue weighted by molar-refractivity contribution is 7.89. The second-order valence-corrected chi connectivity index (χ2v) is 9.18. The standard InChI is InChI=1S/C18H26F3N3O3S/c1-13(2)14(3)22-17(25)12-23-8-10-24(11-9-23)28(26,27)16-7-5-4-6-15(16)18(19,20)21/h4-7,13-14H,8-12H2,1-3H3,(H,22,25)/t14-/m1/s1. The van der Waals surface area contributed by atoms with Gasteiger partial charge in [-0.1, -0.05) is 26.0 Å². The fourth-order valence-electron chi connectivity index (χ4n) is 2.86. The van der Waals surface area contributed by atoms with Gasteiger partial charge in [-0.05, 0) is 25.0 Å². The number of carbonyl (C=O) groups excluding carboxylic acids is 1. The Morgan fingerprint density at radius 2 is 1.68 bits per heavy atom. The van der Waals surface area contributed by atoms with Crippen molar-refractivity contribution in [3.63, 3.8) is 0 Å². The number of sulfonamides is 1. The molecule has 10 heteroatoms. The van der Waals surface area contributed by atoms with E-state index in [1.54, 1.807) is 4.90 Å². The lowest BCUT2D eigenvalue weighted by Crippen LogP contribution is -2.52. The van der Waals surface area contributed by atoms with Crippen molar-refractivity contribution in [1.29, 1.82) is 0 Å². The van der Waals surface area contributed by atoms with Gasteiger partial charge < -0.3 is 5.32 Å². The first-order chi connectivity index (χ1) is 12.9. The van der Waals surface area contributed by atoms with E-state index in [0.29, 0.717) is 5.92 Å². The van der Waals surface area contributed by atoms with E-state index in [-0.39, 0.29) is 44.7 Å². The van der Waals surface area contributed by atoms with Gasteiger partial charge in [0, 0.05) is 32.2 Å². The van der Waals surface area contributed by atoms with E-state index in [0.717, 1.165) is 22.5 Å². The van der Waals surface area contributed by atoms with Crippen molar-refractivity contribution < 1.29 is 26.4 Å². The summed E-state index contributed by atoms with van der Waals surface area (Å²) in [5, 5.41) is 2.88. The van der Waals surface area contributed by atoms with Crippen molar-refractivity contribution >= 4 is 15.9 Å². The summed E-state index contributed by atoms with van der Waals surface area (Å²) >= 11 is 0. The fourth-order valence-corrected chi connectivity index (χ4v) is 4.50. The molecule has 0 spiro atoms. The lowest BCUT2D eigenvalue weighted by molar-refractivity contribution is -0.140. The molecule has 0 aromatic heterocycles. The molecule has 1 aromatic carbocycles. The zero-order valence-corrected chi connectivity index (χ0v) is 17.0. The van der Waals surface area contributed by atoms with E-state index in [1.165, 1.54) is 6.07 Å². The molecule has 1 atom stereocenters. The average molecular weight is 421 g/mol. The largest absolute Gasteiger partial charge is 0.417 e. The Bertz CT molecular complexity index is 789. The number of alkyl halides is 3.